The molecule has 3 rings (SSSR count). The lowest BCUT2D eigenvalue weighted by Crippen LogP contribution is -2.02. The van der Waals surface area contributed by atoms with Gasteiger partial charge in [-0.05, 0) is 37.1 Å². The predicted molar refractivity (Wildman–Crippen MR) is 85.7 cm³/mol. The van der Waals surface area contributed by atoms with Crippen molar-refractivity contribution in [2.24, 2.45) is 0 Å². The molecule has 3 nitrogen and oxygen atoms in total. The second kappa shape index (κ2) is 5.38. The van der Waals surface area contributed by atoms with Gasteiger partial charge in [-0.25, -0.2) is 9.97 Å². The Balaban J connectivity index is 1.89. The molecule has 0 unspecified atom stereocenters. The summed E-state index contributed by atoms with van der Waals surface area (Å²) < 4.78 is 0. The molecule has 2 aromatic heterocycles. The molecule has 5 heteroatoms. The fourth-order valence-electron chi connectivity index (χ4n) is 2.10. The second-order valence-electron chi connectivity index (χ2n) is 4.67. The monoisotopic (exact) mass is 303 g/mol. The molecule has 0 spiro atoms. The summed E-state index contributed by atoms with van der Waals surface area (Å²) in [5.74, 6) is 0.895. The lowest BCUT2D eigenvalue weighted by molar-refractivity contribution is 1.10. The van der Waals surface area contributed by atoms with E-state index in [1.165, 1.54) is 16.0 Å². The Morgan fingerprint density at radius 3 is 2.65 bits per heavy atom. The maximum atomic E-state index is 5.89. The van der Waals surface area contributed by atoms with E-state index >= 15 is 0 Å². The van der Waals surface area contributed by atoms with E-state index in [9.17, 15) is 0 Å². The number of thiophene rings is 1. The highest BCUT2D eigenvalue weighted by Gasteiger charge is 2.11. The van der Waals surface area contributed by atoms with Crippen molar-refractivity contribution in [1.82, 2.24) is 9.97 Å². The highest BCUT2D eigenvalue weighted by Crippen LogP contribution is 2.32. The van der Waals surface area contributed by atoms with Crippen LogP contribution >= 0.6 is 22.9 Å². The number of fused-ring (bicyclic) bond motifs is 1. The maximum Gasteiger partial charge on any atom is 0.138 e. The quantitative estimate of drug-likeness (QED) is 0.770. The van der Waals surface area contributed by atoms with Gasteiger partial charge < -0.3 is 5.32 Å². The number of nitrogens with one attached hydrogen (secondary N) is 1. The van der Waals surface area contributed by atoms with Crippen LogP contribution in [0.3, 0.4) is 0 Å². The summed E-state index contributed by atoms with van der Waals surface area (Å²) in [6.45, 7) is 4.95. The number of hydrogen-bond donors (Lipinski definition) is 1. The van der Waals surface area contributed by atoms with Crippen molar-refractivity contribution < 1.29 is 0 Å². The maximum absolute atomic E-state index is 5.89. The number of nitrogens with zero attached hydrogens (tertiary/aromatic N) is 2. The standard InChI is InChI=1S/C15H14ClN3S/c1-9-10(2)20-15-13(9)14(18-8-19-15)17-7-11-3-5-12(16)6-4-11/h3-6,8H,7H2,1-2H3,(H,17,18,19). The van der Waals surface area contributed by atoms with E-state index in [0.717, 1.165) is 27.6 Å². The zero-order valence-electron chi connectivity index (χ0n) is 11.3. The van der Waals surface area contributed by atoms with Gasteiger partial charge in [0.25, 0.3) is 0 Å². The zero-order chi connectivity index (χ0) is 14.1. The lowest BCUT2D eigenvalue weighted by Gasteiger charge is -2.07. The number of halogens is 1. The average Bonchev–Trinajstić information content (AvgIpc) is 2.74. The van der Waals surface area contributed by atoms with Gasteiger partial charge in [-0.2, -0.15) is 0 Å². The molecule has 0 aliphatic rings. The molecule has 0 saturated carbocycles. The predicted octanol–water partition coefficient (Wildman–Crippen LogP) is 4.57. The van der Waals surface area contributed by atoms with Gasteiger partial charge in [-0.15, -0.1) is 11.3 Å². The summed E-state index contributed by atoms with van der Waals surface area (Å²) in [4.78, 5) is 11.0. The first-order chi connectivity index (χ1) is 9.65. The number of hydrogen-bond acceptors (Lipinski definition) is 4. The molecular weight excluding hydrogens is 290 g/mol. The van der Waals surface area contributed by atoms with Crippen molar-refractivity contribution in [3.63, 3.8) is 0 Å². The van der Waals surface area contributed by atoms with Gasteiger partial charge in [-0.3, -0.25) is 0 Å². The van der Waals surface area contributed by atoms with Crippen LogP contribution in [0.2, 0.25) is 5.02 Å². The molecule has 0 aliphatic carbocycles. The summed E-state index contributed by atoms with van der Waals surface area (Å²) in [5, 5.41) is 5.27. The topological polar surface area (TPSA) is 37.8 Å². The molecule has 0 fully saturated rings. The summed E-state index contributed by atoms with van der Waals surface area (Å²) in [7, 11) is 0. The van der Waals surface area contributed by atoms with E-state index in [0.29, 0.717) is 0 Å². The Morgan fingerprint density at radius 1 is 1.15 bits per heavy atom. The summed E-state index contributed by atoms with van der Waals surface area (Å²) in [5.41, 5.74) is 2.43. The van der Waals surface area contributed by atoms with Crippen LogP contribution in [0.15, 0.2) is 30.6 Å². The minimum absolute atomic E-state index is 0.720. The van der Waals surface area contributed by atoms with Gasteiger partial charge >= 0.3 is 0 Å². The molecule has 20 heavy (non-hydrogen) atoms. The van der Waals surface area contributed by atoms with Crippen molar-refractivity contribution in [3.05, 3.63) is 51.6 Å². The molecule has 0 radical (unpaired) electrons. The molecule has 0 bridgehead atoms. The van der Waals surface area contributed by atoms with Crippen molar-refractivity contribution in [2.45, 2.75) is 20.4 Å². The van der Waals surface area contributed by atoms with Crippen LogP contribution in [-0.4, -0.2) is 9.97 Å². The molecule has 0 amide bonds. The Morgan fingerprint density at radius 2 is 1.90 bits per heavy atom. The van der Waals surface area contributed by atoms with Crippen LogP contribution in [0.5, 0.6) is 0 Å². The van der Waals surface area contributed by atoms with E-state index in [1.54, 1.807) is 17.7 Å². The third-order valence-corrected chi connectivity index (χ3v) is 4.71. The van der Waals surface area contributed by atoms with Gasteiger partial charge in [0.1, 0.15) is 17.0 Å². The first-order valence-electron chi connectivity index (χ1n) is 6.34. The van der Waals surface area contributed by atoms with Crippen molar-refractivity contribution in [2.75, 3.05) is 5.32 Å². The largest absolute Gasteiger partial charge is 0.365 e. The van der Waals surface area contributed by atoms with Gasteiger partial charge in [0.05, 0.1) is 5.39 Å². The van der Waals surface area contributed by atoms with E-state index < -0.39 is 0 Å². The molecule has 0 aliphatic heterocycles. The van der Waals surface area contributed by atoms with Crippen molar-refractivity contribution in [1.29, 1.82) is 0 Å². The molecule has 102 valence electrons. The first kappa shape index (κ1) is 13.3. The number of benzene rings is 1. The minimum Gasteiger partial charge on any atom is -0.365 e. The van der Waals surface area contributed by atoms with Crippen molar-refractivity contribution in [3.8, 4) is 0 Å². The normalized spacial score (nSPS) is 10.9. The molecule has 1 aromatic carbocycles. The number of aromatic nitrogens is 2. The fraction of sp³-hybridized carbons (Fsp3) is 0.200. The second-order valence-corrected chi connectivity index (χ2v) is 6.31. The van der Waals surface area contributed by atoms with Crippen LogP contribution in [0.1, 0.15) is 16.0 Å². The van der Waals surface area contributed by atoms with E-state index in [4.69, 9.17) is 11.6 Å². The Bertz CT molecular complexity index is 750. The fourth-order valence-corrected chi connectivity index (χ4v) is 3.23. The smallest absolute Gasteiger partial charge is 0.138 e. The Hall–Kier alpha value is -1.65. The van der Waals surface area contributed by atoms with Crippen LogP contribution in [0.4, 0.5) is 5.82 Å². The average molecular weight is 304 g/mol. The molecule has 0 saturated heterocycles. The molecule has 3 aromatic rings. The summed E-state index contributed by atoms with van der Waals surface area (Å²) in [6, 6.07) is 7.82. The van der Waals surface area contributed by atoms with Gasteiger partial charge in [-0.1, -0.05) is 23.7 Å². The summed E-state index contributed by atoms with van der Waals surface area (Å²) >= 11 is 7.60. The van der Waals surface area contributed by atoms with Crippen LogP contribution in [-0.2, 0) is 6.54 Å². The zero-order valence-corrected chi connectivity index (χ0v) is 12.8. The van der Waals surface area contributed by atoms with Crippen molar-refractivity contribution >= 4 is 39.0 Å². The first-order valence-corrected chi connectivity index (χ1v) is 7.53. The Labute approximate surface area is 126 Å². The number of anilines is 1. The molecule has 2 heterocycles. The molecule has 0 atom stereocenters. The highest BCUT2D eigenvalue weighted by molar-refractivity contribution is 7.18. The van der Waals surface area contributed by atoms with E-state index in [-0.39, 0.29) is 0 Å². The third kappa shape index (κ3) is 2.49. The van der Waals surface area contributed by atoms with E-state index in [2.05, 4.69) is 29.1 Å². The van der Waals surface area contributed by atoms with Crippen LogP contribution < -0.4 is 5.32 Å². The third-order valence-electron chi connectivity index (χ3n) is 3.34. The number of aryl methyl sites for hydroxylation is 2. The van der Waals surface area contributed by atoms with Crippen LogP contribution in [0, 0.1) is 13.8 Å². The Kier molecular flexibility index (Phi) is 3.59. The minimum atomic E-state index is 0.720. The molecule has 1 N–H and O–H groups in total. The SMILES string of the molecule is Cc1sc2ncnc(NCc3ccc(Cl)cc3)c2c1C. The van der Waals surface area contributed by atoms with Crippen LogP contribution in [0.25, 0.3) is 10.2 Å². The number of rotatable bonds is 3. The van der Waals surface area contributed by atoms with Gasteiger partial charge in [0, 0.05) is 16.4 Å². The van der Waals surface area contributed by atoms with Gasteiger partial charge in [0.2, 0.25) is 0 Å². The van der Waals surface area contributed by atoms with Gasteiger partial charge in [0.15, 0.2) is 0 Å². The molecular formula is C15H14ClN3S. The van der Waals surface area contributed by atoms with E-state index in [1.807, 2.05) is 24.3 Å². The lowest BCUT2D eigenvalue weighted by atomic mass is 10.2. The summed E-state index contributed by atoms with van der Waals surface area (Å²) in [6.07, 6.45) is 1.61. The highest BCUT2D eigenvalue weighted by atomic mass is 35.5.